The van der Waals surface area contributed by atoms with E-state index in [0.717, 1.165) is 12.1 Å². The standard InChI is InChI=1S/C16H14F3NOS/c1-20(2)15(21)13-5-3-4-6-14(13)22-12-9-7-11(8-10-12)16(17,18)19/h3-10H,1-2H3. The summed E-state index contributed by atoms with van der Waals surface area (Å²) >= 11 is 1.26. The smallest absolute Gasteiger partial charge is 0.345 e. The first kappa shape index (κ1) is 16.4. The fraction of sp³-hybridized carbons (Fsp3) is 0.188. The molecule has 0 atom stereocenters. The van der Waals surface area contributed by atoms with Crippen LogP contribution >= 0.6 is 11.8 Å². The average molecular weight is 325 g/mol. The first-order valence-corrected chi connectivity index (χ1v) is 7.26. The summed E-state index contributed by atoms with van der Waals surface area (Å²) in [7, 11) is 3.31. The molecule has 0 aliphatic rings. The topological polar surface area (TPSA) is 20.3 Å². The maximum absolute atomic E-state index is 12.5. The minimum atomic E-state index is -4.35. The van der Waals surface area contributed by atoms with Crippen molar-refractivity contribution < 1.29 is 18.0 Å². The van der Waals surface area contributed by atoms with Crippen LogP contribution in [-0.2, 0) is 6.18 Å². The van der Waals surface area contributed by atoms with Crippen molar-refractivity contribution in [1.29, 1.82) is 0 Å². The molecule has 2 nitrogen and oxygen atoms in total. The van der Waals surface area contributed by atoms with E-state index >= 15 is 0 Å². The number of hydrogen-bond donors (Lipinski definition) is 0. The molecule has 2 aromatic carbocycles. The van der Waals surface area contributed by atoms with Crippen molar-refractivity contribution >= 4 is 17.7 Å². The van der Waals surface area contributed by atoms with Crippen LogP contribution < -0.4 is 0 Å². The van der Waals surface area contributed by atoms with E-state index in [1.165, 1.54) is 28.8 Å². The Morgan fingerprint density at radius 1 is 1.00 bits per heavy atom. The van der Waals surface area contributed by atoms with Gasteiger partial charge in [-0.1, -0.05) is 23.9 Å². The third-order valence-corrected chi connectivity index (χ3v) is 4.02. The largest absolute Gasteiger partial charge is 0.416 e. The van der Waals surface area contributed by atoms with Crippen molar-refractivity contribution in [2.45, 2.75) is 16.0 Å². The SMILES string of the molecule is CN(C)C(=O)c1ccccc1Sc1ccc(C(F)(F)F)cc1. The minimum absolute atomic E-state index is 0.144. The summed E-state index contributed by atoms with van der Waals surface area (Å²) in [4.78, 5) is 14.9. The fourth-order valence-electron chi connectivity index (χ4n) is 1.81. The summed E-state index contributed by atoms with van der Waals surface area (Å²) < 4.78 is 37.6. The Hall–Kier alpha value is -1.95. The number of alkyl halides is 3. The summed E-state index contributed by atoms with van der Waals surface area (Å²) in [6.45, 7) is 0. The molecule has 22 heavy (non-hydrogen) atoms. The molecule has 0 saturated heterocycles. The molecule has 0 fully saturated rings. The lowest BCUT2D eigenvalue weighted by Gasteiger charge is -2.14. The lowest BCUT2D eigenvalue weighted by molar-refractivity contribution is -0.137. The third-order valence-electron chi connectivity index (χ3n) is 2.93. The predicted octanol–water partition coefficient (Wildman–Crippen LogP) is 4.56. The molecule has 6 heteroatoms. The molecule has 116 valence electrons. The molecule has 0 aliphatic carbocycles. The van der Waals surface area contributed by atoms with E-state index in [1.54, 1.807) is 38.4 Å². The van der Waals surface area contributed by atoms with E-state index in [9.17, 15) is 18.0 Å². The van der Waals surface area contributed by atoms with Crippen LogP contribution in [0.25, 0.3) is 0 Å². The highest BCUT2D eigenvalue weighted by Gasteiger charge is 2.30. The van der Waals surface area contributed by atoms with Crippen LogP contribution in [-0.4, -0.2) is 24.9 Å². The molecule has 0 unspecified atom stereocenters. The predicted molar refractivity (Wildman–Crippen MR) is 80.0 cm³/mol. The minimum Gasteiger partial charge on any atom is -0.345 e. The summed E-state index contributed by atoms with van der Waals surface area (Å²) in [5.41, 5.74) is -0.160. The highest BCUT2D eigenvalue weighted by molar-refractivity contribution is 7.99. The second-order valence-electron chi connectivity index (χ2n) is 4.82. The number of amides is 1. The summed E-state index contributed by atoms with van der Waals surface area (Å²) in [5.74, 6) is -0.144. The highest BCUT2D eigenvalue weighted by atomic mass is 32.2. The van der Waals surface area contributed by atoms with Crippen molar-refractivity contribution in [3.63, 3.8) is 0 Å². The van der Waals surface area contributed by atoms with Crippen LogP contribution in [0.4, 0.5) is 13.2 Å². The fourth-order valence-corrected chi connectivity index (χ4v) is 2.75. The van der Waals surface area contributed by atoms with Gasteiger partial charge in [-0.2, -0.15) is 13.2 Å². The van der Waals surface area contributed by atoms with E-state index in [4.69, 9.17) is 0 Å². The van der Waals surface area contributed by atoms with Crippen molar-refractivity contribution in [2.24, 2.45) is 0 Å². The molecule has 0 aliphatic heterocycles. The molecular formula is C16H14F3NOS. The average Bonchev–Trinajstić information content (AvgIpc) is 2.46. The molecule has 2 aromatic rings. The van der Waals surface area contributed by atoms with Crippen molar-refractivity contribution in [2.75, 3.05) is 14.1 Å². The van der Waals surface area contributed by atoms with Gasteiger partial charge in [0.2, 0.25) is 0 Å². The van der Waals surface area contributed by atoms with Crippen LogP contribution in [0, 0.1) is 0 Å². The van der Waals surface area contributed by atoms with Gasteiger partial charge in [-0.05, 0) is 36.4 Å². The molecule has 1 amide bonds. The summed E-state index contributed by atoms with van der Waals surface area (Å²) in [6, 6.07) is 11.9. The number of carbonyl (C=O) groups is 1. The molecule has 2 rings (SSSR count). The Kier molecular flexibility index (Phi) is 4.81. The quantitative estimate of drug-likeness (QED) is 0.824. The van der Waals surface area contributed by atoms with Crippen LogP contribution in [0.1, 0.15) is 15.9 Å². The second-order valence-corrected chi connectivity index (χ2v) is 5.94. The van der Waals surface area contributed by atoms with Gasteiger partial charge in [0, 0.05) is 23.9 Å². The number of rotatable bonds is 3. The van der Waals surface area contributed by atoms with Gasteiger partial charge in [0.1, 0.15) is 0 Å². The zero-order chi connectivity index (χ0) is 16.3. The third kappa shape index (κ3) is 3.82. The Morgan fingerprint density at radius 2 is 1.59 bits per heavy atom. The lowest BCUT2D eigenvalue weighted by atomic mass is 10.2. The highest BCUT2D eigenvalue weighted by Crippen LogP contribution is 2.34. The molecule has 0 radical (unpaired) electrons. The van der Waals surface area contributed by atoms with Gasteiger partial charge in [0.05, 0.1) is 11.1 Å². The normalized spacial score (nSPS) is 11.3. The van der Waals surface area contributed by atoms with Crippen LogP contribution in [0.3, 0.4) is 0 Å². The monoisotopic (exact) mass is 325 g/mol. The number of halogens is 3. The van der Waals surface area contributed by atoms with E-state index in [2.05, 4.69) is 0 Å². The van der Waals surface area contributed by atoms with Gasteiger partial charge in [0.25, 0.3) is 5.91 Å². The number of hydrogen-bond acceptors (Lipinski definition) is 2. The van der Waals surface area contributed by atoms with E-state index in [0.29, 0.717) is 15.4 Å². The van der Waals surface area contributed by atoms with Gasteiger partial charge in [0.15, 0.2) is 0 Å². The Bertz CT molecular complexity index is 666. The Labute approximate surface area is 130 Å². The number of carbonyl (C=O) groups excluding carboxylic acids is 1. The molecule has 0 saturated carbocycles. The van der Waals surface area contributed by atoms with Gasteiger partial charge in [-0.3, -0.25) is 4.79 Å². The van der Waals surface area contributed by atoms with Gasteiger partial charge >= 0.3 is 6.18 Å². The number of nitrogens with zero attached hydrogens (tertiary/aromatic N) is 1. The van der Waals surface area contributed by atoms with Crippen molar-refractivity contribution in [3.05, 3.63) is 59.7 Å². The molecule has 0 N–H and O–H groups in total. The molecule has 0 bridgehead atoms. The first-order chi connectivity index (χ1) is 10.3. The van der Waals surface area contributed by atoms with Gasteiger partial charge in [-0.15, -0.1) is 0 Å². The zero-order valence-electron chi connectivity index (χ0n) is 12.0. The Morgan fingerprint density at radius 3 is 2.14 bits per heavy atom. The summed E-state index contributed by atoms with van der Waals surface area (Å²) in [5, 5.41) is 0. The molecular weight excluding hydrogens is 311 g/mol. The van der Waals surface area contributed by atoms with Crippen molar-refractivity contribution in [1.82, 2.24) is 4.90 Å². The van der Waals surface area contributed by atoms with E-state index in [-0.39, 0.29) is 5.91 Å². The second kappa shape index (κ2) is 6.44. The van der Waals surface area contributed by atoms with Crippen molar-refractivity contribution in [3.8, 4) is 0 Å². The lowest BCUT2D eigenvalue weighted by Crippen LogP contribution is -2.22. The van der Waals surface area contributed by atoms with E-state index in [1.807, 2.05) is 0 Å². The van der Waals surface area contributed by atoms with E-state index < -0.39 is 11.7 Å². The van der Waals surface area contributed by atoms with Crippen LogP contribution in [0.5, 0.6) is 0 Å². The maximum atomic E-state index is 12.5. The van der Waals surface area contributed by atoms with Gasteiger partial charge < -0.3 is 4.90 Å². The molecule has 0 spiro atoms. The number of benzene rings is 2. The molecule has 0 aromatic heterocycles. The maximum Gasteiger partial charge on any atom is 0.416 e. The van der Waals surface area contributed by atoms with Gasteiger partial charge in [-0.25, -0.2) is 0 Å². The molecule has 0 heterocycles. The summed E-state index contributed by atoms with van der Waals surface area (Å²) in [6.07, 6.45) is -4.35. The van der Waals surface area contributed by atoms with Crippen LogP contribution in [0.15, 0.2) is 58.3 Å². The van der Waals surface area contributed by atoms with Crippen LogP contribution in [0.2, 0.25) is 0 Å². The Balaban J connectivity index is 2.26. The first-order valence-electron chi connectivity index (χ1n) is 6.45. The zero-order valence-corrected chi connectivity index (χ0v) is 12.8.